The number of nitrogens with zero attached hydrogens (tertiary/aromatic N) is 2. The van der Waals surface area contributed by atoms with Gasteiger partial charge in [-0.2, -0.15) is 13.2 Å². The molecule has 0 saturated carbocycles. The lowest BCUT2D eigenvalue weighted by Crippen LogP contribution is -2.36. The molecule has 5 nitrogen and oxygen atoms in total. The summed E-state index contributed by atoms with van der Waals surface area (Å²) < 4.78 is 37.4. The first-order valence-electron chi connectivity index (χ1n) is 8.04. The predicted octanol–water partition coefficient (Wildman–Crippen LogP) is 3.74. The normalized spacial score (nSPS) is 17.4. The van der Waals surface area contributed by atoms with Crippen LogP contribution < -0.4 is 5.32 Å². The van der Waals surface area contributed by atoms with E-state index in [1.807, 2.05) is 18.2 Å². The number of halogens is 4. The molecule has 1 atom stereocenters. The molecular weight excluding hydrogens is 403 g/mol. The molecule has 1 aromatic carbocycles. The minimum absolute atomic E-state index is 0.233. The summed E-state index contributed by atoms with van der Waals surface area (Å²) in [5, 5.41) is 3.56. The number of thiazole rings is 1. The third kappa shape index (κ3) is 5.43. The van der Waals surface area contributed by atoms with E-state index in [0.717, 1.165) is 10.4 Å². The van der Waals surface area contributed by atoms with E-state index in [-0.39, 0.29) is 13.0 Å². The molecule has 1 aliphatic heterocycles. The van der Waals surface area contributed by atoms with E-state index in [9.17, 15) is 22.8 Å². The van der Waals surface area contributed by atoms with Crippen molar-refractivity contribution in [1.29, 1.82) is 0 Å². The van der Waals surface area contributed by atoms with Crippen molar-refractivity contribution < 1.29 is 22.8 Å². The number of hydrogen-bond donors (Lipinski definition) is 1. The summed E-state index contributed by atoms with van der Waals surface area (Å²) in [6, 6.07) is 7.36. The second-order valence-corrected chi connectivity index (χ2v) is 7.77. The van der Waals surface area contributed by atoms with Crippen LogP contribution in [0, 0.1) is 5.92 Å². The van der Waals surface area contributed by atoms with Crippen LogP contribution in [0.5, 0.6) is 0 Å². The first-order valence-corrected chi connectivity index (χ1v) is 9.23. The molecule has 1 saturated heterocycles. The molecule has 0 radical (unpaired) electrons. The summed E-state index contributed by atoms with van der Waals surface area (Å²) in [4.78, 5) is 29.6. The quantitative estimate of drug-likeness (QED) is 0.806. The van der Waals surface area contributed by atoms with Crippen LogP contribution in [-0.2, 0) is 16.0 Å². The Bertz CT molecular complexity index is 856. The van der Waals surface area contributed by atoms with E-state index in [1.54, 1.807) is 12.3 Å². The molecule has 0 bridgehead atoms. The van der Waals surface area contributed by atoms with Gasteiger partial charge in [0.2, 0.25) is 11.8 Å². The number of amides is 2. The maximum absolute atomic E-state index is 12.5. The SMILES string of the molecule is O=C(Nc1ncc(Cc2cccc(Cl)c2)s1)C1CC(=O)N(CC(F)(F)F)C1. The lowest BCUT2D eigenvalue weighted by Gasteiger charge is -2.18. The highest BCUT2D eigenvalue weighted by Gasteiger charge is 2.40. The number of alkyl halides is 3. The molecule has 2 amide bonds. The van der Waals surface area contributed by atoms with Crippen molar-refractivity contribution in [3.63, 3.8) is 0 Å². The molecule has 1 N–H and O–H groups in total. The summed E-state index contributed by atoms with van der Waals surface area (Å²) in [5.41, 5.74) is 0.994. The minimum Gasteiger partial charge on any atom is -0.333 e. The van der Waals surface area contributed by atoms with E-state index in [4.69, 9.17) is 11.6 Å². The first kappa shape index (κ1) is 19.6. The summed E-state index contributed by atoms with van der Waals surface area (Å²) in [7, 11) is 0. The highest BCUT2D eigenvalue weighted by Crippen LogP contribution is 2.26. The van der Waals surface area contributed by atoms with Crippen molar-refractivity contribution in [3.05, 3.63) is 45.9 Å². The van der Waals surface area contributed by atoms with Crippen LogP contribution >= 0.6 is 22.9 Å². The lowest BCUT2D eigenvalue weighted by atomic mass is 10.1. The Kier molecular flexibility index (Phi) is 5.71. The minimum atomic E-state index is -4.48. The van der Waals surface area contributed by atoms with Crippen LogP contribution in [0.3, 0.4) is 0 Å². The van der Waals surface area contributed by atoms with Gasteiger partial charge in [0.15, 0.2) is 5.13 Å². The van der Waals surface area contributed by atoms with E-state index in [2.05, 4.69) is 10.3 Å². The molecule has 0 aliphatic carbocycles. The van der Waals surface area contributed by atoms with Crippen molar-refractivity contribution in [2.45, 2.75) is 19.0 Å². The zero-order valence-electron chi connectivity index (χ0n) is 13.9. The topological polar surface area (TPSA) is 62.3 Å². The number of anilines is 1. The van der Waals surface area contributed by atoms with Gasteiger partial charge in [-0.3, -0.25) is 9.59 Å². The highest BCUT2D eigenvalue weighted by atomic mass is 35.5. The first-order chi connectivity index (χ1) is 12.7. The average molecular weight is 418 g/mol. The molecule has 1 aromatic heterocycles. The Labute approximate surface area is 162 Å². The van der Waals surface area contributed by atoms with Gasteiger partial charge < -0.3 is 10.2 Å². The number of likely N-dealkylation sites (tertiary alicyclic amines) is 1. The van der Waals surface area contributed by atoms with Crippen molar-refractivity contribution in [2.75, 3.05) is 18.4 Å². The Morgan fingerprint density at radius 3 is 2.89 bits per heavy atom. The fourth-order valence-corrected chi connectivity index (χ4v) is 3.88. The van der Waals surface area contributed by atoms with Gasteiger partial charge in [-0.1, -0.05) is 23.7 Å². The largest absolute Gasteiger partial charge is 0.406 e. The smallest absolute Gasteiger partial charge is 0.333 e. The molecule has 10 heteroatoms. The van der Waals surface area contributed by atoms with Gasteiger partial charge in [0, 0.05) is 35.5 Å². The Balaban J connectivity index is 1.57. The van der Waals surface area contributed by atoms with E-state index < -0.39 is 30.5 Å². The number of aromatic nitrogens is 1. The number of carbonyl (C=O) groups is 2. The van der Waals surface area contributed by atoms with E-state index in [0.29, 0.717) is 21.5 Å². The number of rotatable bonds is 5. The van der Waals surface area contributed by atoms with Crippen LogP contribution in [0.25, 0.3) is 0 Å². The number of hydrogen-bond acceptors (Lipinski definition) is 4. The number of nitrogens with one attached hydrogen (secondary N) is 1. The second-order valence-electron chi connectivity index (χ2n) is 6.22. The predicted molar refractivity (Wildman–Crippen MR) is 95.7 cm³/mol. The molecule has 0 spiro atoms. The van der Waals surface area contributed by atoms with Crippen molar-refractivity contribution in [1.82, 2.24) is 9.88 Å². The molecule has 144 valence electrons. The Morgan fingerprint density at radius 1 is 1.41 bits per heavy atom. The fourth-order valence-electron chi connectivity index (χ4n) is 2.82. The molecule has 1 aliphatic rings. The monoisotopic (exact) mass is 417 g/mol. The van der Waals surface area contributed by atoms with Crippen LogP contribution in [-0.4, -0.2) is 41.0 Å². The van der Waals surface area contributed by atoms with Crippen molar-refractivity contribution in [2.24, 2.45) is 5.92 Å². The van der Waals surface area contributed by atoms with Gasteiger partial charge in [-0.05, 0) is 17.7 Å². The zero-order valence-corrected chi connectivity index (χ0v) is 15.5. The molecule has 2 aromatic rings. The lowest BCUT2D eigenvalue weighted by molar-refractivity contribution is -0.157. The standard InChI is InChI=1S/C17H15ClF3N3O2S/c18-12-3-1-2-10(4-12)5-13-7-22-16(27-13)23-15(26)11-6-14(25)24(8-11)9-17(19,20)21/h1-4,7,11H,5-6,8-9H2,(H,22,23,26). The number of carbonyl (C=O) groups excluding carboxylic acids is 2. The fraction of sp³-hybridized carbons (Fsp3) is 0.353. The van der Waals surface area contributed by atoms with Crippen molar-refractivity contribution in [3.8, 4) is 0 Å². The summed E-state index contributed by atoms with van der Waals surface area (Å²) in [5.74, 6) is -2.00. The van der Waals surface area contributed by atoms with Crippen LogP contribution in [0.2, 0.25) is 5.02 Å². The highest BCUT2D eigenvalue weighted by molar-refractivity contribution is 7.15. The maximum atomic E-state index is 12.5. The summed E-state index contributed by atoms with van der Waals surface area (Å²) in [6.07, 6.45) is -2.50. The Hall–Kier alpha value is -2.13. The third-order valence-corrected chi connectivity index (χ3v) is 5.15. The summed E-state index contributed by atoms with van der Waals surface area (Å²) in [6.45, 7) is -1.58. The van der Waals surface area contributed by atoms with Gasteiger partial charge >= 0.3 is 6.18 Å². The van der Waals surface area contributed by atoms with Gasteiger partial charge in [-0.25, -0.2) is 4.98 Å². The molecule has 3 rings (SSSR count). The van der Waals surface area contributed by atoms with Gasteiger partial charge in [0.1, 0.15) is 6.54 Å². The zero-order chi connectivity index (χ0) is 19.6. The van der Waals surface area contributed by atoms with Crippen molar-refractivity contribution >= 4 is 39.9 Å². The van der Waals surface area contributed by atoms with Gasteiger partial charge in [-0.15, -0.1) is 11.3 Å². The molecule has 27 heavy (non-hydrogen) atoms. The Morgan fingerprint density at radius 2 is 2.19 bits per heavy atom. The van der Waals surface area contributed by atoms with Crippen LogP contribution in [0.15, 0.2) is 30.5 Å². The van der Waals surface area contributed by atoms with Crippen LogP contribution in [0.4, 0.5) is 18.3 Å². The molecule has 2 heterocycles. The summed E-state index contributed by atoms with van der Waals surface area (Å²) >= 11 is 7.22. The van der Waals surface area contributed by atoms with E-state index >= 15 is 0 Å². The van der Waals surface area contributed by atoms with Gasteiger partial charge in [0.05, 0.1) is 5.92 Å². The third-order valence-electron chi connectivity index (χ3n) is 4.01. The molecular formula is C17H15ClF3N3O2S. The second kappa shape index (κ2) is 7.85. The molecule has 1 unspecified atom stereocenters. The average Bonchev–Trinajstić information content (AvgIpc) is 3.13. The maximum Gasteiger partial charge on any atom is 0.406 e. The van der Waals surface area contributed by atoms with Crippen LogP contribution in [0.1, 0.15) is 16.9 Å². The van der Waals surface area contributed by atoms with E-state index in [1.165, 1.54) is 11.3 Å². The van der Waals surface area contributed by atoms with Gasteiger partial charge in [0.25, 0.3) is 0 Å². The number of benzene rings is 1. The molecule has 1 fully saturated rings.